The Hall–Kier alpha value is -1.17. The highest BCUT2D eigenvalue weighted by molar-refractivity contribution is 7.08. The third kappa shape index (κ3) is 1.48. The van der Waals surface area contributed by atoms with Crippen molar-refractivity contribution in [1.82, 2.24) is 19.5 Å². The van der Waals surface area contributed by atoms with E-state index in [2.05, 4.69) is 15.0 Å². The van der Waals surface area contributed by atoms with E-state index >= 15 is 0 Å². The van der Waals surface area contributed by atoms with Gasteiger partial charge in [-0.3, -0.25) is 4.57 Å². The van der Waals surface area contributed by atoms with Crippen molar-refractivity contribution in [1.29, 1.82) is 0 Å². The zero-order valence-corrected chi connectivity index (χ0v) is 10.1. The minimum atomic E-state index is 0.120. The van der Waals surface area contributed by atoms with E-state index in [-0.39, 0.29) is 10.4 Å². The zero-order valence-electron chi connectivity index (χ0n) is 7.76. The van der Waals surface area contributed by atoms with Crippen molar-refractivity contribution in [2.24, 2.45) is 0 Å². The molecule has 0 radical (unpaired) electrons. The van der Waals surface area contributed by atoms with Gasteiger partial charge in [-0.2, -0.15) is 16.3 Å². The van der Waals surface area contributed by atoms with E-state index in [0.29, 0.717) is 11.2 Å². The molecule has 0 aromatic carbocycles. The summed E-state index contributed by atoms with van der Waals surface area (Å²) in [6.07, 6.45) is 1.66. The summed E-state index contributed by atoms with van der Waals surface area (Å²) in [6, 6.07) is 1.97. The molecule has 0 fully saturated rings. The Bertz CT molecular complexity index is 647. The monoisotopic (exact) mass is 270 g/mol. The highest BCUT2D eigenvalue weighted by Gasteiger charge is 2.11. The van der Waals surface area contributed by atoms with Gasteiger partial charge in [0.1, 0.15) is 11.8 Å². The van der Waals surface area contributed by atoms with Crippen LogP contribution in [0.2, 0.25) is 10.4 Å². The number of rotatable bonds is 1. The van der Waals surface area contributed by atoms with Crippen molar-refractivity contribution in [3.63, 3.8) is 0 Å². The Morgan fingerprint density at radius 3 is 2.88 bits per heavy atom. The summed E-state index contributed by atoms with van der Waals surface area (Å²) in [5.74, 6) is 0. The van der Waals surface area contributed by atoms with Crippen LogP contribution in [0.25, 0.3) is 16.9 Å². The average Bonchev–Trinajstić information content (AvgIpc) is 2.83. The molecule has 0 bridgehead atoms. The first-order valence-corrected chi connectivity index (χ1v) is 6.04. The minimum Gasteiger partial charge on any atom is -0.282 e. The van der Waals surface area contributed by atoms with Crippen molar-refractivity contribution in [3.8, 4) is 5.69 Å². The molecule has 0 atom stereocenters. The molecule has 0 N–H and O–H groups in total. The first-order valence-electron chi connectivity index (χ1n) is 4.34. The number of fused-ring (bicyclic) bond motifs is 1. The van der Waals surface area contributed by atoms with Gasteiger partial charge in [-0.25, -0.2) is 9.97 Å². The van der Waals surface area contributed by atoms with Crippen LogP contribution in [0.15, 0.2) is 23.2 Å². The lowest BCUT2D eigenvalue weighted by Crippen LogP contribution is -1.93. The van der Waals surface area contributed by atoms with Crippen molar-refractivity contribution in [2.45, 2.75) is 0 Å². The fraction of sp³-hybridized carbons (Fsp3) is 0. The van der Waals surface area contributed by atoms with Gasteiger partial charge in [0, 0.05) is 5.38 Å². The number of imidazole rings is 1. The van der Waals surface area contributed by atoms with Crippen LogP contribution in [-0.4, -0.2) is 19.5 Å². The molecule has 3 rings (SSSR count). The van der Waals surface area contributed by atoms with Crippen LogP contribution in [-0.2, 0) is 0 Å². The molecule has 0 saturated heterocycles. The van der Waals surface area contributed by atoms with Crippen molar-refractivity contribution in [3.05, 3.63) is 33.6 Å². The van der Waals surface area contributed by atoms with Crippen molar-refractivity contribution < 1.29 is 0 Å². The molecule has 3 heterocycles. The van der Waals surface area contributed by atoms with Crippen LogP contribution in [0, 0.1) is 0 Å². The lowest BCUT2D eigenvalue weighted by atomic mass is 10.5. The number of hydrogen-bond acceptors (Lipinski definition) is 4. The Morgan fingerprint density at radius 1 is 1.25 bits per heavy atom. The SMILES string of the molecule is Clc1nc(Cl)c2ncn(-c3ccsc3)c2n1. The number of aromatic nitrogens is 4. The fourth-order valence-electron chi connectivity index (χ4n) is 1.42. The molecule has 80 valence electrons. The molecule has 0 aliphatic heterocycles. The van der Waals surface area contributed by atoms with Gasteiger partial charge in [-0.15, -0.1) is 0 Å². The molecule has 7 heteroatoms. The molecule has 0 aliphatic carbocycles. The summed E-state index contributed by atoms with van der Waals surface area (Å²) < 4.78 is 1.82. The second-order valence-electron chi connectivity index (χ2n) is 3.05. The second kappa shape index (κ2) is 3.69. The van der Waals surface area contributed by atoms with E-state index in [1.54, 1.807) is 17.7 Å². The molecule has 0 spiro atoms. The van der Waals surface area contributed by atoms with Gasteiger partial charge in [-0.1, -0.05) is 11.6 Å². The fourth-order valence-corrected chi connectivity index (χ4v) is 2.47. The number of nitrogens with zero attached hydrogens (tertiary/aromatic N) is 4. The molecule has 0 unspecified atom stereocenters. The van der Waals surface area contributed by atoms with Crippen LogP contribution in [0.3, 0.4) is 0 Å². The second-order valence-corrected chi connectivity index (χ2v) is 4.53. The van der Waals surface area contributed by atoms with Gasteiger partial charge >= 0.3 is 0 Å². The van der Waals surface area contributed by atoms with E-state index in [4.69, 9.17) is 23.2 Å². The van der Waals surface area contributed by atoms with E-state index in [0.717, 1.165) is 5.69 Å². The van der Waals surface area contributed by atoms with Crippen LogP contribution >= 0.6 is 34.5 Å². The largest absolute Gasteiger partial charge is 0.282 e. The molecular formula is C9H4Cl2N4S. The zero-order chi connectivity index (χ0) is 11.1. The normalized spacial score (nSPS) is 11.1. The molecule has 3 aromatic rings. The van der Waals surface area contributed by atoms with Crippen LogP contribution < -0.4 is 0 Å². The van der Waals surface area contributed by atoms with Gasteiger partial charge in [0.2, 0.25) is 5.28 Å². The van der Waals surface area contributed by atoms with Gasteiger partial charge in [0.15, 0.2) is 10.8 Å². The summed E-state index contributed by atoms with van der Waals surface area (Å²) in [5, 5.41) is 4.36. The molecule has 16 heavy (non-hydrogen) atoms. The maximum atomic E-state index is 5.93. The molecule has 0 saturated carbocycles. The van der Waals surface area contributed by atoms with E-state index < -0.39 is 0 Å². The Labute approximate surface area is 104 Å². The molecular weight excluding hydrogens is 267 g/mol. The predicted molar refractivity (Wildman–Crippen MR) is 64.6 cm³/mol. The van der Waals surface area contributed by atoms with Gasteiger partial charge in [0.25, 0.3) is 0 Å². The minimum absolute atomic E-state index is 0.120. The Morgan fingerprint density at radius 2 is 2.12 bits per heavy atom. The van der Waals surface area contributed by atoms with Crippen LogP contribution in [0.4, 0.5) is 0 Å². The first-order chi connectivity index (χ1) is 7.75. The quantitative estimate of drug-likeness (QED) is 0.504. The smallest absolute Gasteiger partial charge is 0.225 e. The van der Waals surface area contributed by atoms with Crippen LogP contribution in [0.1, 0.15) is 0 Å². The standard InChI is InChI=1S/C9H4Cl2N4S/c10-7-6-8(14-9(11)13-7)15(4-12-6)5-1-2-16-3-5/h1-4H. The maximum absolute atomic E-state index is 5.93. The molecule has 0 aliphatic rings. The third-order valence-electron chi connectivity index (χ3n) is 2.11. The summed E-state index contributed by atoms with van der Waals surface area (Å²) in [7, 11) is 0. The number of hydrogen-bond donors (Lipinski definition) is 0. The topological polar surface area (TPSA) is 43.6 Å². The summed E-state index contributed by atoms with van der Waals surface area (Å²) in [5.41, 5.74) is 2.15. The maximum Gasteiger partial charge on any atom is 0.225 e. The van der Waals surface area contributed by atoms with E-state index in [9.17, 15) is 0 Å². The van der Waals surface area contributed by atoms with Crippen molar-refractivity contribution >= 4 is 45.7 Å². The first kappa shape index (κ1) is 10.0. The summed E-state index contributed by atoms with van der Waals surface area (Å²) in [4.78, 5) is 12.1. The number of thiophene rings is 1. The lowest BCUT2D eigenvalue weighted by molar-refractivity contribution is 1.07. The summed E-state index contributed by atoms with van der Waals surface area (Å²) >= 11 is 13.3. The Balaban J connectivity index is 2.35. The third-order valence-corrected chi connectivity index (χ3v) is 3.21. The highest BCUT2D eigenvalue weighted by atomic mass is 35.5. The highest BCUT2D eigenvalue weighted by Crippen LogP contribution is 2.23. The average molecular weight is 271 g/mol. The molecule has 4 nitrogen and oxygen atoms in total. The predicted octanol–water partition coefficient (Wildman–Crippen LogP) is 3.18. The van der Waals surface area contributed by atoms with Gasteiger partial charge in [-0.05, 0) is 23.0 Å². The van der Waals surface area contributed by atoms with Gasteiger partial charge < -0.3 is 0 Å². The van der Waals surface area contributed by atoms with Crippen molar-refractivity contribution in [2.75, 3.05) is 0 Å². The Kier molecular flexibility index (Phi) is 2.31. The number of halogens is 2. The lowest BCUT2D eigenvalue weighted by Gasteiger charge is -1.99. The molecule has 0 amide bonds. The van der Waals surface area contributed by atoms with Crippen LogP contribution in [0.5, 0.6) is 0 Å². The van der Waals surface area contributed by atoms with Gasteiger partial charge in [0.05, 0.1) is 5.69 Å². The van der Waals surface area contributed by atoms with E-state index in [1.807, 2.05) is 21.4 Å². The molecule has 3 aromatic heterocycles. The summed E-state index contributed by atoms with van der Waals surface area (Å²) in [6.45, 7) is 0. The van der Waals surface area contributed by atoms with E-state index in [1.165, 1.54) is 0 Å².